The van der Waals surface area contributed by atoms with Crippen LogP contribution in [0.25, 0.3) is 11.3 Å². The number of tetrazole rings is 1. The second-order valence-corrected chi connectivity index (χ2v) is 11.9. The van der Waals surface area contributed by atoms with Gasteiger partial charge in [0.25, 0.3) is 5.82 Å². The van der Waals surface area contributed by atoms with Crippen molar-refractivity contribution in [1.29, 1.82) is 0 Å². The molecule has 0 amide bonds. The minimum atomic E-state index is -4.78. The van der Waals surface area contributed by atoms with Crippen molar-refractivity contribution >= 4 is 5.57 Å². The number of rotatable bonds is 9. The van der Waals surface area contributed by atoms with E-state index < -0.39 is 29.8 Å². The van der Waals surface area contributed by atoms with Crippen LogP contribution >= 0.6 is 0 Å². The maximum absolute atomic E-state index is 13.9. The number of ether oxygens (including phenoxy) is 2. The third-order valence-electron chi connectivity index (χ3n) is 7.81. The highest BCUT2D eigenvalue weighted by Gasteiger charge is 2.53. The van der Waals surface area contributed by atoms with Crippen molar-refractivity contribution in [1.82, 2.24) is 30.5 Å². The molecule has 2 aliphatic rings. The SMILES string of the molecule is CC(C)Oc1ncc(-n2nnnc2C(F)(F)F)cc1C1=COC2(CCC(CNC(C)(C)CF)C2c2ccc(F)cc2)C1. The number of pyridine rings is 1. The number of nitrogens with zero attached hydrogens (tertiary/aromatic N) is 5. The molecule has 1 aliphatic heterocycles. The second-order valence-electron chi connectivity index (χ2n) is 11.9. The Hall–Kier alpha value is -3.61. The van der Waals surface area contributed by atoms with Gasteiger partial charge in [-0.3, -0.25) is 0 Å². The minimum absolute atomic E-state index is 0.0114. The highest BCUT2D eigenvalue weighted by molar-refractivity contribution is 5.72. The zero-order valence-electron chi connectivity index (χ0n) is 23.8. The third kappa shape index (κ3) is 5.97. The van der Waals surface area contributed by atoms with E-state index in [2.05, 4.69) is 25.8 Å². The third-order valence-corrected chi connectivity index (χ3v) is 7.81. The Morgan fingerprint density at radius 1 is 1.19 bits per heavy atom. The predicted octanol–water partition coefficient (Wildman–Crippen LogP) is 6.03. The summed E-state index contributed by atoms with van der Waals surface area (Å²) in [5.74, 6) is -1.51. The molecule has 2 aromatic heterocycles. The topological polar surface area (TPSA) is 87.0 Å². The van der Waals surface area contributed by atoms with Crippen LogP contribution in [0.5, 0.6) is 5.88 Å². The molecule has 42 heavy (non-hydrogen) atoms. The predicted molar refractivity (Wildman–Crippen MR) is 144 cm³/mol. The highest BCUT2D eigenvalue weighted by atomic mass is 19.4. The van der Waals surface area contributed by atoms with Gasteiger partial charge in [-0.2, -0.15) is 17.9 Å². The van der Waals surface area contributed by atoms with E-state index in [0.29, 0.717) is 35.2 Å². The van der Waals surface area contributed by atoms with E-state index in [1.807, 2.05) is 13.8 Å². The lowest BCUT2D eigenvalue weighted by Gasteiger charge is -2.35. The number of halogens is 5. The maximum Gasteiger partial charge on any atom is 0.453 e. The van der Waals surface area contributed by atoms with Crippen LogP contribution < -0.4 is 10.1 Å². The monoisotopic (exact) mass is 592 g/mol. The van der Waals surface area contributed by atoms with Crippen molar-refractivity contribution in [3.05, 3.63) is 65.6 Å². The van der Waals surface area contributed by atoms with Crippen molar-refractivity contribution in [3.8, 4) is 11.6 Å². The molecule has 1 saturated carbocycles. The van der Waals surface area contributed by atoms with Crippen molar-refractivity contribution in [2.24, 2.45) is 5.92 Å². The second kappa shape index (κ2) is 11.2. The highest BCUT2D eigenvalue weighted by Crippen LogP contribution is 2.56. The Balaban J connectivity index is 1.50. The van der Waals surface area contributed by atoms with Crippen molar-refractivity contribution < 1.29 is 31.4 Å². The Kier molecular flexibility index (Phi) is 7.99. The standard InChI is InChI=1S/C29H33F5N6O2/c1-17(2)42-25-23(11-22(14-35-25)40-26(29(32,33)34)37-38-39-40)20-12-28(41-15-20)10-9-19(13-36-27(3,4)16-30)24(28)18-5-7-21(31)8-6-18/h5-8,11,14-15,17,19,24,36H,9-10,12-13,16H2,1-4H3. The van der Waals surface area contributed by atoms with Gasteiger partial charge in [-0.1, -0.05) is 12.1 Å². The molecule has 3 heterocycles. The summed E-state index contributed by atoms with van der Waals surface area (Å²) in [5.41, 5.74) is 0.631. The van der Waals surface area contributed by atoms with Gasteiger partial charge in [0.05, 0.1) is 24.3 Å². The number of nitrogens with one attached hydrogen (secondary N) is 1. The van der Waals surface area contributed by atoms with E-state index >= 15 is 0 Å². The van der Waals surface area contributed by atoms with Gasteiger partial charge < -0.3 is 14.8 Å². The van der Waals surface area contributed by atoms with Gasteiger partial charge in [-0.05, 0) is 87.2 Å². The molecular formula is C29H33F5N6O2. The van der Waals surface area contributed by atoms with E-state index in [9.17, 15) is 22.0 Å². The molecule has 1 spiro atoms. The van der Waals surface area contributed by atoms with Gasteiger partial charge in [0.1, 0.15) is 18.1 Å². The molecule has 226 valence electrons. The first-order chi connectivity index (χ1) is 19.8. The summed E-state index contributed by atoms with van der Waals surface area (Å²) in [4.78, 5) is 4.34. The molecule has 8 nitrogen and oxygen atoms in total. The van der Waals surface area contributed by atoms with E-state index in [-0.39, 0.29) is 35.3 Å². The number of alkyl halides is 4. The molecule has 0 saturated heterocycles. The van der Waals surface area contributed by atoms with Crippen molar-refractivity contribution in [2.45, 2.75) is 76.3 Å². The largest absolute Gasteiger partial charge is 0.494 e. The van der Waals surface area contributed by atoms with E-state index in [1.54, 1.807) is 32.2 Å². The first-order valence-electron chi connectivity index (χ1n) is 13.8. The summed E-state index contributed by atoms with van der Waals surface area (Å²) in [5, 5.41) is 13.2. The minimum Gasteiger partial charge on any atom is -0.494 e. The summed E-state index contributed by atoms with van der Waals surface area (Å²) >= 11 is 0. The lowest BCUT2D eigenvalue weighted by molar-refractivity contribution is -0.146. The van der Waals surface area contributed by atoms with Gasteiger partial charge in [0.15, 0.2) is 0 Å². The van der Waals surface area contributed by atoms with Gasteiger partial charge >= 0.3 is 6.18 Å². The van der Waals surface area contributed by atoms with Gasteiger partial charge in [0.2, 0.25) is 5.88 Å². The van der Waals surface area contributed by atoms with Crippen LogP contribution in [0, 0.1) is 11.7 Å². The summed E-state index contributed by atoms with van der Waals surface area (Å²) < 4.78 is 81.1. The molecular weight excluding hydrogens is 559 g/mol. The fourth-order valence-corrected chi connectivity index (χ4v) is 5.83. The maximum atomic E-state index is 13.9. The van der Waals surface area contributed by atoms with Crippen LogP contribution in [0.4, 0.5) is 22.0 Å². The Morgan fingerprint density at radius 3 is 2.60 bits per heavy atom. The van der Waals surface area contributed by atoms with Gasteiger partial charge in [0, 0.05) is 29.0 Å². The quantitative estimate of drug-likeness (QED) is 0.304. The molecule has 3 atom stereocenters. The van der Waals surface area contributed by atoms with Gasteiger partial charge in [-0.25, -0.2) is 13.8 Å². The average Bonchev–Trinajstić information content (AvgIpc) is 3.67. The number of benzene rings is 1. The van der Waals surface area contributed by atoms with Crippen LogP contribution in [-0.4, -0.2) is 55.7 Å². The first-order valence-corrected chi connectivity index (χ1v) is 13.8. The summed E-state index contributed by atoms with van der Waals surface area (Å²) in [6.45, 7) is 7.22. The fourth-order valence-electron chi connectivity index (χ4n) is 5.83. The van der Waals surface area contributed by atoms with Crippen LogP contribution in [0.2, 0.25) is 0 Å². The van der Waals surface area contributed by atoms with Crippen molar-refractivity contribution in [3.63, 3.8) is 0 Å². The average molecular weight is 593 g/mol. The molecule has 3 unspecified atom stereocenters. The summed E-state index contributed by atoms with van der Waals surface area (Å²) in [6, 6.07) is 7.82. The number of aromatic nitrogens is 5. The van der Waals surface area contributed by atoms with Crippen LogP contribution in [0.15, 0.2) is 42.8 Å². The summed E-state index contributed by atoms with van der Waals surface area (Å²) in [7, 11) is 0. The zero-order valence-corrected chi connectivity index (χ0v) is 23.8. The smallest absolute Gasteiger partial charge is 0.453 e. The lowest BCUT2D eigenvalue weighted by Crippen LogP contribution is -2.45. The zero-order chi connectivity index (χ0) is 30.3. The molecule has 1 aliphatic carbocycles. The first kappa shape index (κ1) is 29.9. The molecule has 1 N–H and O–H groups in total. The lowest BCUT2D eigenvalue weighted by atomic mass is 9.77. The van der Waals surface area contributed by atoms with Crippen LogP contribution in [0.1, 0.15) is 69.8 Å². The van der Waals surface area contributed by atoms with Crippen LogP contribution in [0.3, 0.4) is 0 Å². The molecule has 0 bridgehead atoms. The van der Waals surface area contributed by atoms with Crippen LogP contribution in [-0.2, 0) is 10.9 Å². The molecule has 13 heteroatoms. The Bertz CT molecular complexity index is 1440. The molecule has 1 fully saturated rings. The van der Waals surface area contributed by atoms with E-state index in [1.165, 1.54) is 24.4 Å². The molecule has 0 radical (unpaired) electrons. The molecule has 1 aromatic carbocycles. The van der Waals surface area contributed by atoms with Crippen molar-refractivity contribution in [2.75, 3.05) is 13.2 Å². The fraction of sp³-hybridized carbons (Fsp3) is 0.517. The number of hydrogen-bond donors (Lipinski definition) is 1. The normalized spacial score (nSPS) is 22.6. The molecule has 3 aromatic rings. The summed E-state index contributed by atoms with van der Waals surface area (Å²) in [6.07, 6.45) is -0.366. The van der Waals surface area contributed by atoms with E-state index in [4.69, 9.17) is 9.47 Å². The Morgan fingerprint density at radius 2 is 1.93 bits per heavy atom. The van der Waals surface area contributed by atoms with Gasteiger partial charge in [-0.15, -0.1) is 5.10 Å². The Labute approximate surface area is 240 Å². The van der Waals surface area contributed by atoms with E-state index in [0.717, 1.165) is 12.0 Å². The number of hydrogen-bond acceptors (Lipinski definition) is 7. The molecule has 5 rings (SSSR count).